The van der Waals surface area contributed by atoms with E-state index in [-0.39, 0.29) is 207 Å². The molecule has 5 radical (unpaired) electrons. The summed E-state index contributed by atoms with van der Waals surface area (Å²) in [6.07, 6.45) is 0. The normalized spacial score (nSPS) is 0. The maximum Gasteiger partial charge on any atom is 0 e. The third-order valence-electron chi connectivity index (χ3n) is 0. The van der Waals surface area contributed by atoms with Gasteiger partial charge in [0.25, 0.3) is 0 Å². The first-order chi connectivity index (χ1) is 0. The molecule has 23 valence electrons. The van der Waals surface area contributed by atoms with E-state index in [1.807, 2.05) is 0 Å². The van der Waals surface area contributed by atoms with Gasteiger partial charge in [-0.1, -0.05) is 0 Å². The minimum atomic E-state index is 0. The van der Waals surface area contributed by atoms with Gasteiger partial charge >= 0.3 is 0 Å². The fourth-order valence-corrected chi connectivity index (χ4v) is 0. The van der Waals surface area contributed by atoms with Crippen LogP contribution in [0.2, 0.25) is 0 Å². The van der Waals surface area contributed by atoms with E-state index in [0.717, 1.165) is 0 Å². The summed E-state index contributed by atoms with van der Waals surface area (Å²) in [6, 6.07) is 0. The zero-order valence-corrected chi connectivity index (χ0v) is 17.5. The summed E-state index contributed by atoms with van der Waals surface area (Å²) in [5, 5.41) is 0. The average Bonchev–Trinajstić information content (AvgIpc) is 0. The summed E-state index contributed by atoms with van der Waals surface area (Å²) in [5.41, 5.74) is 0. The first kappa shape index (κ1) is 38.7. The molecule has 0 N–H and O–H groups in total. The number of hydrogen-bond acceptors (Lipinski definition) is 0. The number of rotatable bonds is 0. The molecule has 0 saturated carbocycles. The molecule has 0 aromatic heterocycles. The van der Waals surface area contributed by atoms with Crippen LogP contribution < -0.4 is 0 Å². The van der Waals surface area contributed by atoms with Crippen molar-refractivity contribution in [3.8, 4) is 0 Å². The van der Waals surface area contributed by atoms with Crippen LogP contribution in [0, 0.1) is 41.7 Å². The molecule has 6 heavy (non-hydrogen) atoms. The maximum absolute atomic E-state index is 0. The monoisotopic (exact) mass is 413 g/mol. The Balaban J connectivity index is 0. The molecule has 0 unspecified atom stereocenters. The standard InChI is InChI=1S/2Ca.Ce.Fe.K.Mo. The molecule has 6 heteroatoms. The van der Waals surface area contributed by atoms with Crippen LogP contribution in [0.25, 0.3) is 0 Å². The van der Waals surface area contributed by atoms with Gasteiger partial charge in [-0.25, -0.2) is 0 Å². The summed E-state index contributed by atoms with van der Waals surface area (Å²) in [4.78, 5) is 0. The van der Waals surface area contributed by atoms with Crippen molar-refractivity contribution in [2.75, 3.05) is 0 Å². The van der Waals surface area contributed by atoms with Gasteiger partial charge in [0.2, 0.25) is 0 Å². The molecule has 0 amide bonds. The molecule has 0 aromatic rings. The van der Waals surface area contributed by atoms with Crippen LogP contribution in [0.1, 0.15) is 0 Å². The Morgan fingerprint density at radius 1 is 0.833 bits per heavy atom. The van der Waals surface area contributed by atoms with Crippen LogP contribution in [0.5, 0.6) is 0 Å². The summed E-state index contributed by atoms with van der Waals surface area (Å²) in [6.45, 7) is 0. The zero-order valence-electron chi connectivity index (χ0n) is 3.68. The molecule has 0 saturated heterocycles. The molecule has 0 fully saturated rings. The second kappa shape index (κ2) is 29.8. The van der Waals surface area contributed by atoms with E-state index in [1.165, 1.54) is 0 Å². The van der Waals surface area contributed by atoms with Gasteiger partial charge in [0, 0.05) is 207 Å². The second-order valence-electron chi connectivity index (χ2n) is 0. The summed E-state index contributed by atoms with van der Waals surface area (Å²) < 4.78 is 0. The van der Waals surface area contributed by atoms with Gasteiger partial charge in [-0.05, 0) is 0 Å². The molecule has 0 aliphatic carbocycles. The van der Waals surface area contributed by atoms with Crippen LogP contribution in [0.3, 0.4) is 0 Å². The summed E-state index contributed by atoms with van der Waals surface area (Å²) in [5.74, 6) is 0. The smallest absolute Gasteiger partial charge is 0 e. The largest absolute Gasteiger partial charge is 0 e. The van der Waals surface area contributed by atoms with Gasteiger partial charge in [-0.15, -0.1) is 0 Å². The minimum Gasteiger partial charge on any atom is 0 e. The van der Waals surface area contributed by atoms with Crippen LogP contribution in [-0.2, 0) is 38.1 Å². The third-order valence-corrected chi connectivity index (χ3v) is 0. The minimum absolute atomic E-state index is 0. The van der Waals surface area contributed by atoms with E-state index < -0.39 is 0 Å². The first-order valence-corrected chi connectivity index (χ1v) is 0. The van der Waals surface area contributed by atoms with Crippen molar-refractivity contribution in [2.24, 2.45) is 0 Å². The first-order valence-electron chi connectivity index (χ1n) is 0. The SMILES string of the molecule is [Ca].[Ca].[Ce].[Fe].[K].[Mo]. The van der Waals surface area contributed by atoms with E-state index >= 15 is 0 Å². The Labute approximate surface area is 199 Å². The van der Waals surface area contributed by atoms with E-state index in [4.69, 9.17) is 0 Å². The van der Waals surface area contributed by atoms with Crippen molar-refractivity contribution in [1.29, 1.82) is 0 Å². The fraction of sp³-hybridized carbons (Fsp3) is 0. The molecular formula is Ca2CeFeKMo. The third kappa shape index (κ3) is 22.4. The van der Waals surface area contributed by atoms with Crippen molar-refractivity contribution < 1.29 is 79.9 Å². The Morgan fingerprint density at radius 2 is 0.833 bits per heavy atom. The quantitative estimate of drug-likeness (QED) is 0.442. The molecule has 0 aliphatic heterocycles. The molecule has 0 atom stereocenters. The van der Waals surface area contributed by atoms with Gasteiger partial charge in [0.05, 0.1) is 0 Å². The van der Waals surface area contributed by atoms with Gasteiger partial charge < -0.3 is 0 Å². The van der Waals surface area contributed by atoms with Crippen LogP contribution in [0.15, 0.2) is 0 Å². The van der Waals surface area contributed by atoms with Gasteiger partial charge in [-0.3, -0.25) is 0 Å². The van der Waals surface area contributed by atoms with Crippen molar-refractivity contribution in [1.82, 2.24) is 0 Å². The van der Waals surface area contributed by atoms with Crippen molar-refractivity contribution >= 4 is 127 Å². The van der Waals surface area contributed by atoms with E-state index in [2.05, 4.69) is 0 Å². The molecule has 0 nitrogen and oxygen atoms in total. The zero-order chi connectivity index (χ0) is 0. The van der Waals surface area contributed by atoms with Crippen LogP contribution in [-0.4, -0.2) is 127 Å². The average molecular weight is 411 g/mol. The van der Waals surface area contributed by atoms with Crippen molar-refractivity contribution in [3.05, 3.63) is 0 Å². The van der Waals surface area contributed by atoms with Crippen molar-refractivity contribution in [3.63, 3.8) is 0 Å². The predicted octanol–water partition coefficient (Wildman–Crippen LogP) is -1.15. The van der Waals surface area contributed by atoms with Gasteiger partial charge in [0.1, 0.15) is 0 Å². The molecular weight excluding hydrogens is 411 g/mol. The van der Waals surface area contributed by atoms with Crippen molar-refractivity contribution in [2.45, 2.75) is 0 Å². The van der Waals surface area contributed by atoms with E-state index in [9.17, 15) is 0 Å². The van der Waals surface area contributed by atoms with Gasteiger partial charge in [-0.2, -0.15) is 0 Å². The Morgan fingerprint density at radius 3 is 0.833 bits per heavy atom. The second-order valence-corrected chi connectivity index (χ2v) is 0. The summed E-state index contributed by atoms with van der Waals surface area (Å²) >= 11 is 0. The molecule has 0 aliphatic rings. The summed E-state index contributed by atoms with van der Waals surface area (Å²) in [7, 11) is 0. The molecule has 0 bridgehead atoms. The van der Waals surface area contributed by atoms with Gasteiger partial charge in [0.15, 0.2) is 0 Å². The molecule has 0 spiro atoms. The maximum atomic E-state index is 0. The van der Waals surface area contributed by atoms with E-state index in [0.29, 0.717) is 0 Å². The van der Waals surface area contributed by atoms with E-state index in [1.54, 1.807) is 0 Å². The Hall–Kier alpha value is 6.74. The molecule has 0 aromatic carbocycles. The topological polar surface area (TPSA) is 0 Å². The fourth-order valence-electron chi connectivity index (χ4n) is 0. The Kier molecular flexibility index (Phi) is 192. The Bertz CT molecular complexity index is 13.5. The van der Waals surface area contributed by atoms with Crippen LogP contribution in [0.4, 0.5) is 0 Å². The van der Waals surface area contributed by atoms with Crippen LogP contribution >= 0.6 is 0 Å². The number of hydrogen-bond donors (Lipinski definition) is 0. The molecule has 0 rings (SSSR count). The predicted molar refractivity (Wildman–Crippen MR) is 17.3 cm³/mol. The molecule has 0 heterocycles.